The number of carbonyl (C=O) groups is 1. The van der Waals surface area contributed by atoms with Crippen molar-refractivity contribution in [2.75, 3.05) is 6.54 Å². The third kappa shape index (κ3) is 3.83. The lowest BCUT2D eigenvalue weighted by molar-refractivity contribution is 0.0908. The molecule has 0 aromatic heterocycles. The summed E-state index contributed by atoms with van der Waals surface area (Å²) in [5.74, 6) is 0.298. The fourth-order valence-corrected chi connectivity index (χ4v) is 3.54. The van der Waals surface area contributed by atoms with Gasteiger partial charge in [-0.15, -0.1) is 0 Å². The van der Waals surface area contributed by atoms with Crippen LogP contribution < -0.4 is 11.1 Å². The van der Waals surface area contributed by atoms with E-state index in [9.17, 15) is 4.79 Å². The minimum absolute atomic E-state index is 0.0910. The van der Waals surface area contributed by atoms with Gasteiger partial charge in [0.05, 0.1) is 10.6 Å². The summed E-state index contributed by atoms with van der Waals surface area (Å²) in [5, 5.41) is 3.59. The Kier molecular flexibility index (Phi) is 5.47. The standard InChI is InChI=1S/C14H18ClIN2O/c15-12-7-10(16)5-6-11(12)14(19)18-13-4-2-1-3-9(13)8-17/h5-7,9,13H,1-4,8,17H2,(H,18,19). The Morgan fingerprint density at radius 3 is 2.84 bits per heavy atom. The number of carbonyl (C=O) groups excluding carboxylic acids is 1. The highest BCUT2D eigenvalue weighted by Crippen LogP contribution is 2.25. The van der Waals surface area contributed by atoms with Crippen LogP contribution in [0.5, 0.6) is 0 Å². The summed E-state index contributed by atoms with van der Waals surface area (Å²) in [6, 6.07) is 5.65. The van der Waals surface area contributed by atoms with Crippen molar-refractivity contribution in [1.82, 2.24) is 5.32 Å². The summed E-state index contributed by atoms with van der Waals surface area (Å²) in [5.41, 5.74) is 6.32. The van der Waals surface area contributed by atoms with Gasteiger partial charge in [-0.3, -0.25) is 4.79 Å². The van der Waals surface area contributed by atoms with Crippen LogP contribution in [0.4, 0.5) is 0 Å². The van der Waals surface area contributed by atoms with Crippen LogP contribution in [0.25, 0.3) is 0 Å². The van der Waals surface area contributed by atoms with Gasteiger partial charge in [-0.2, -0.15) is 0 Å². The number of amides is 1. The molecule has 0 aliphatic heterocycles. The molecular formula is C14H18ClIN2O. The Balaban J connectivity index is 2.07. The first-order chi connectivity index (χ1) is 9.11. The first kappa shape index (κ1) is 15.1. The van der Waals surface area contributed by atoms with Gasteiger partial charge in [0.25, 0.3) is 5.91 Å². The van der Waals surface area contributed by atoms with E-state index in [0.29, 0.717) is 23.0 Å². The summed E-state index contributed by atoms with van der Waals surface area (Å²) in [6.07, 6.45) is 4.47. The highest BCUT2D eigenvalue weighted by Gasteiger charge is 2.26. The molecule has 19 heavy (non-hydrogen) atoms. The zero-order valence-corrected chi connectivity index (χ0v) is 13.6. The highest BCUT2D eigenvalue weighted by molar-refractivity contribution is 14.1. The van der Waals surface area contributed by atoms with Gasteiger partial charge < -0.3 is 11.1 Å². The molecule has 3 N–H and O–H groups in total. The number of nitrogens with one attached hydrogen (secondary N) is 1. The van der Waals surface area contributed by atoms with Gasteiger partial charge in [0.1, 0.15) is 0 Å². The Morgan fingerprint density at radius 2 is 2.16 bits per heavy atom. The Labute approximate surface area is 132 Å². The summed E-state index contributed by atoms with van der Waals surface area (Å²) in [4.78, 5) is 12.3. The fourth-order valence-electron chi connectivity index (χ4n) is 2.60. The normalized spacial score (nSPS) is 23.1. The average Bonchev–Trinajstić information content (AvgIpc) is 2.39. The third-order valence-electron chi connectivity index (χ3n) is 3.70. The largest absolute Gasteiger partial charge is 0.349 e. The molecular weight excluding hydrogens is 375 g/mol. The maximum absolute atomic E-state index is 12.3. The average molecular weight is 393 g/mol. The van der Waals surface area contributed by atoms with Crippen molar-refractivity contribution in [2.45, 2.75) is 31.7 Å². The molecule has 2 atom stereocenters. The van der Waals surface area contributed by atoms with E-state index in [1.807, 2.05) is 6.07 Å². The molecule has 0 saturated heterocycles. The van der Waals surface area contributed by atoms with Gasteiger partial charge >= 0.3 is 0 Å². The second-order valence-corrected chi connectivity index (χ2v) is 6.64. The van der Waals surface area contributed by atoms with Crippen LogP contribution in [0.15, 0.2) is 18.2 Å². The lowest BCUT2D eigenvalue weighted by Crippen LogP contribution is -2.44. The third-order valence-corrected chi connectivity index (χ3v) is 4.69. The maximum atomic E-state index is 12.3. The summed E-state index contributed by atoms with van der Waals surface area (Å²) in [6.45, 7) is 0.630. The van der Waals surface area contributed by atoms with Gasteiger partial charge in [0.2, 0.25) is 0 Å². The minimum atomic E-state index is -0.0910. The maximum Gasteiger partial charge on any atom is 0.253 e. The number of nitrogens with two attached hydrogens (primary N) is 1. The summed E-state index contributed by atoms with van der Waals surface area (Å²) in [7, 11) is 0. The first-order valence-electron chi connectivity index (χ1n) is 6.58. The molecule has 1 aromatic carbocycles. The monoisotopic (exact) mass is 392 g/mol. The van der Waals surface area contributed by atoms with Crippen LogP contribution in [0, 0.1) is 9.49 Å². The van der Waals surface area contributed by atoms with E-state index in [0.717, 1.165) is 22.8 Å². The smallest absolute Gasteiger partial charge is 0.253 e. The molecule has 0 heterocycles. The molecule has 1 fully saturated rings. The number of halogens is 2. The van der Waals surface area contributed by atoms with Crippen molar-refractivity contribution in [3.8, 4) is 0 Å². The Morgan fingerprint density at radius 1 is 1.42 bits per heavy atom. The van der Waals surface area contributed by atoms with Crippen LogP contribution in [-0.4, -0.2) is 18.5 Å². The van der Waals surface area contributed by atoms with Gasteiger partial charge in [-0.1, -0.05) is 24.4 Å². The quantitative estimate of drug-likeness (QED) is 0.776. The van der Waals surface area contributed by atoms with E-state index < -0.39 is 0 Å². The van der Waals surface area contributed by atoms with Crippen LogP contribution in [-0.2, 0) is 0 Å². The fraction of sp³-hybridized carbons (Fsp3) is 0.500. The van der Waals surface area contributed by atoms with Crippen LogP contribution in [0.2, 0.25) is 5.02 Å². The Hall–Kier alpha value is -0.330. The SMILES string of the molecule is NCC1CCCCC1NC(=O)c1ccc(I)cc1Cl. The second kappa shape index (κ2) is 6.90. The molecule has 1 amide bonds. The number of hydrogen-bond donors (Lipinski definition) is 2. The predicted molar refractivity (Wildman–Crippen MR) is 86.4 cm³/mol. The minimum Gasteiger partial charge on any atom is -0.349 e. The molecule has 3 nitrogen and oxygen atoms in total. The van der Waals surface area contributed by atoms with Crippen molar-refractivity contribution in [3.05, 3.63) is 32.4 Å². The molecule has 1 aromatic rings. The van der Waals surface area contributed by atoms with E-state index in [1.165, 1.54) is 6.42 Å². The molecule has 0 spiro atoms. The van der Waals surface area contributed by atoms with Gasteiger partial charge in [-0.05, 0) is 66.1 Å². The van der Waals surface area contributed by atoms with Crippen molar-refractivity contribution in [2.24, 2.45) is 11.7 Å². The predicted octanol–water partition coefficient (Wildman–Crippen LogP) is 3.19. The molecule has 104 valence electrons. The molecule has 2 rings (SSSR count). The van der Waals surface area contributed by atoms with Crippen LogP contribution >= 0.6 is 34.2 Å². The molecule has 2 unspecified atom stereocenters. The van der Waals surface area contributed by atoms with Crippen molar-refractivity contribution >= 4 is 40.1 Å². The van der Waals surface area contributed by atoms with Crippen LogP contribution in [0.1, 0.15) is 36.0 Å². The highest BCUT2D eigenvalue weighted by atomic mass is 127. The summed E-state index contributed by atoms with van der Waals surface area (Å²) < 4.78 is 1.02. The van der Waals surface area contributed by atoms with E-state index in [4.69, 9.17) is 17.3 Å². The van der Waals surface area contributed by atoms with E-state index in [2.05, 4.69) is 27.9 Å². The molecule has 1 aliphatic rings. The molecule has 5 heteroatoms. The Bertz CT molecular complexity index is 467. The zero-order chi connectivity index (χ0) is 13.8. The number of benzene rings is 1. The van der Waals surface area contributed by atoms with Crippen molar-refractivity contribution in [3.63, 3.8) is 0 Å². The summed E-state index contributed by atoms with van der Waals surface area (Å²) >= 11 is 8.30. The van der Waals surface area contributed by atoms with Gasteiger partial charge in [-0.25, -0.2) is 0 Å². The second-order valence-electron chi connectivity index (χ2n) is 4.98. The van der Waals surface area contributed by atoms with Crippen molar-refractivity contribution in [1.29, 1.82) is 0 Å². The lowest BCUT2D eigenvalue weighted by Gasteiger charge is -2.31. The van der Waals surface area contributed by atoms with E-state index in [1.54, 1.807) is 12.1 Å². The first-order valence-corrected chi connectivity index (χ1v) is 8.03. The van der Waals surface area contributed by atoms with E-state index in [-0.39, 0.29) is 11.9 Å². The topological polar surface area (TPSA) is 55.1 Å². The van der Waals surface area contributed by atoms with Gasteiger partial charge in [0, 0.05) is 9.61 Å². The molecule has 0 radical (unpaired) electrons. The van der Waals surface area contributed by atoms with Gasteiger partial charge in [0.15, 0.2) is 0 Å². The van der Waals surface area contributed by atoms with Crippen molar-refractivity contribution < 1.29 is 4.79 Å². The molecule has 1 aliphatic carbocycles. The number of rotatable bonds is 3. The molecule has 1 saturated carbocycles. The number of hydrogen-bond acceptors (Lipinski definition) is 2. The zero-order valence-electron chi connectivity index (χ0n) is 10.7. The lowest BCUT2D eigenvalue weighted by atomic mass is 9.84. The van der Waals surface area contributed by atoms with Crippen LogP contribution in [0.3, 0.4) is 0 Å². The molecule has 0 bridgehead atoms. The van der Waals surface area contributed by atoms with E-state index >= 15 is 0 Å².